The number of nitrogen functional groups attached to an aromatic ring is 1. The van der Waals surface area contributed by atoms with Crippen LogP contribution in [0.3, 0.4) is 0 Å². The van der Waals surface area contributed by atoms with E-state index in [2.05, 4.69) is 10.3 Å². The third-order valence-electron chi connectivity index (χ3n) is 1.78. The van der Waals surface area contributed by atoms with Crippen LogP contribution in [0.25, 0.3) is 0 Å². The van der Waals surface area contributed by atoms with Crippen LogP contribution < -0.4 is 11.1 Å². The molecule has 0 bridgehead atoms. The van der Waals surface area contributed by atoms with Gasteiger partial charge < -0.3 is 15.8 Å². The fourth-order valence-corrected chi connectivity index (χ4v) is 1.09. The molecule has 0 atom stereocenters. The highest BCUT2D eigenvalue weighted by Crippen LogP contribution is 2.02. The number of amides is 1. The number of nitrogens with one attached hydrogen (secondary N) is 1. The normalized spacial score (nSPS) is 10.1. The molecule has 92 valence electrons. The van der Waals surface area contributed by atoms with Crippen molar-refractivity contribution in [2.24, 2.45) is 0 Å². The van der Waals surface area contributed by atoms with Gasteiger partial charge in [-0.05, 0) is 26.0 Å². The van der Waals surface area contributed by atoms with Crippen LogP contribution >= 0.6 is 0 Å². The first-order chi connectivity index (χ1) is 7.99. The fourth-order valence-electron chi connectivity index (χ4n) is 1.09. The van der Waals surface area contributed by atoms with E-state index in [4.69, 9.17) is 10.5 Å². The molecule has 0 aliphatic heterocycles. The fraction of sp³-hybridized carbons (Fsp3) is 0.364. The van der Waals surface area contributed by atoms with Crippen LogP contribution in [0.4, 0.5) is 5.69 Å². The summed E-state index contributed by atoms with van der Waals surface area (Å²) < 4.78 is 4.78. The van der Waals surface area contributed by atoms with Crippen LogP contribution in [0.15, 0.2) is 18.3 Å². The molecule has 0 radical (unpaired) electrons. The SMILES string of the molecule is CC(C)NC(=O)COC(=O)c1ccc(N)cn1. The van der Waals surface area contributed by atoms with Gasteiger partial charge in [-0.3, -0.25) is 4.79 Å². The van der Waals surface area contributed by atoms with Crippen molar-refractivity contribution < 1.29 is 14.3 Å². The Morgan fingerprint density at radius 2 is 2.18 bits per heavy atom. The molecule has 0 fully saturated rings. The molecule has 0 saturated heterocycles. The number of nitrogens with two attached hydrogens (primary N) is 1. The predicted molar refractivity (Wildman–Crippen MR) is 62.2 cm³/mol. The molecule has 3 N–H and O–H groups in total. The lowest BCUT2D eigenvalue weighted by molar-refractivity contribution is -0.124. The molecule has 1 heterocycles. The number of anilines is 1. The number of pyridine rings is 1. The highest BCUT2D eigenvalue weighted by Gasteiger charge is 2.11. The van der Waals surface area contributed by atoms with Crippen LogP contribution in [0, 0.1) is 0 Å². The molecule has 0 spiro atoms. The van der Waals surface area contributed by atoms with Gasteiger partial charge in [-0.2, -0.15) is 0 Å². The van der Waals surface area contributed by atoms with Gasteiger partial charge in [0.15, 0.2) is 6.61 Å². The monoisotopic (exact) mass is 237 g/mol. The number of carbonyl (C=O) groups excluding carboxylic acids is 2. The standard InChI is InChI=1S/C11H15N3O3/c1-7(2)14-10(15)6-17-11(16)9-4-3-8(12)5-13-9/h3-5,7H,6,12H2,1-2H3,(H,14,15). The van der Waals surface area contributed by atoms with Crippen molar-refractivity contribution in [2.45, 2.75) is 19.9 Å². The third-order valence-corrected chi connectivity index (χ3v) is 1.78. The van der Waals surface area contributed by atoms with E-state index in [9.17, 15) is 9.59 Å². The summed E-state index contributed by atoms with van der Waals surface area (Å²) in [4.78, 5) is 26.4. The molecule has 6 nitrogen and oxygen atoms in total. The van der Waals surface area contributed by atoms with Gasteiger partial charge in [0.25, 0.3) is 5.91 Å². The van der Waals surface area contributed by atoms with Crippen molar-refractivity contribution in [3.8, 4) is 0 Å². The first-order valence-corrected chi connectivity index (χ1v) is 5.17. The van der Waals surface area contributed by atoms with Gasteiger partial charge in [0.2, 0.25) is 0 Å². The molecule has 0 aromatic carbocycles. The molecule has 1 rings (SSSR count). The average Bonchev–Trinajstić information content (AvgIpc) is 2.26. The number of esters is 1. The van der Waals surface area contributed by atoms with Crippen molar-refractivity contribution in [3.63, 3.8) is 0 Å². The van der Waals surface area contributed by atoms with E-state index in [0.717, 1.165) is 0 Å². The number of hydrogen-bond donors (Lipinski definition) is 2. The lowest BCUT2D eigenvalue weighted by Gasteiger charge is -2.08. The van der Waals surface area contributed by atoms with E-state index >= 15 is 0 Å². The van der Waals surface area contributed by atoms with Crippen LogP contribution in [-0.4, -0.2) is 29.5 Å². The number of ether oxygens (including phenoxy) is 1. The minimum Gasteiger partial charge on any atom is -0.451 e. The molecule has 0 saturated carbocycles. The zero-order valence-electron chi connectivity index (χ0n) is 9.77. The first kappa shape index (κ1) is 13.0. The molecule has 1 amide bonds. The molecular weight excluding hydrogens is 222 g/mol. The van der Waals surface area contributed by atoms with Crippen molar-refractivity contribution in [1.82, 2.24) is 10.3 Å². The van der Waals surface area contributed by atoms with Crippen molar-refractivity contribution >= 4 is 17.6 Å². The van der Waals surface area contributed by atoms with Gasteiger partial charge in [-0.1, -0.05) is 0 Å². The topological polar surface area (TPSA) is 94.3 Å². The number of hydrogen-bond acceptors (Lipinski definition) is 5. The van der Waals surface area contributed by atoms with Gasteiger partial charge in [-0.25, -0.2) is 9.78 Å². The van der Waals surface area contributed by atoms with Gasteiger partial charge in [0.05, 0.1) is 11.9 Å². The maximum atomic E-state index is 11.4. The predicted octanol–water partition coefficient (Wildman–Crippen LogP) is 0.345. The Bertz CT molecular complexity index is 401. The van der Waals surface area contributed by atoms with E-state index in [0.29, 0.717) is 5.69 Å². The van der Waals surface area contributed by atoms with E-state index in [-0.39, 0.29) is 24.2 Å². The first-order valence-electron chi connectivity index (χ1n) is 5.17. The molecule has 1 aromatic heterocycles. The van der Waals surface area contributed by atoms with Gasteiger partial charge >= 0.3 is 5.97 Å². The summed E-state index contributed by atoms with van der Waals surface area (Å²) in [5, 5.41) is 2.60. The summed E-state index contributed by atoms with van der Waals surface area (Å²) in [5.41, 5.74) is 6.00. The Hall–Kier alpha value is -2.11. The van der Waals surface area contributed by atoms with Crippen molar-refractivity contribution in [3.05, 3.63) is 24.0 Å². The van der Waals surface area contributed by atoms with Gasteiger partial charge in [0.1, 0.15) is 5.69 Å². The maximum absolute atomic E-state index is 11.4. The Morgan fingerprint density at radius 3 is 2.71 bits per heavy atom. The summed E-state index contributed by atoms with van der Waals surface area (Å²) >= 11 is 0. The Balaban J connectivity index is 2.45. The zero-order valence-corrected chi connectivity index (χ0v) is 9.77. The quantitative estimate of drug-likeness (QED) is 0.736. The molecule has 0 aliphatic carbocycles. The minimum absolute atomic E-state index is 0.0100. The molecule has 6 heteroatoms. The van der Waals surface area contributed by atoms with Crippen LogP contribution in [0.1, 0.15) is 24.3 Å². The van der Waals surface area contributed by atoms with Crippen LogP contribution in [0.5, 0.6) is 0 Å². The van der Waals surface area contributed by atoms with E-state index in [1.807, 2.05) is 13.8 Å². The number of aromatic nitrogens is 1. The summed E-state index contributed by atoms with van der Waals surface area (Å²) in [6, 6.07) is 2.99. The summed E-state index contributed by atoms with van der Waals surface area (Å²) in [7, 11) is 0. The van der Waals surface area contributed by atoms with Gasteiger partial charge in [-0.15, -0.1) is 0 Å². The zero-order chi connectivity index (χ0) is 12.8. The van der Waals surface area contributed by atoms with E-state index in [1.165, 1.54) is 18.3 Å². The largest absolute Gasteiger partial charge is 0.451 e. The Morgan fingerprint density at radius 1 is 1.47 bits per heavy atom. The Kier molecular flexibility index (Phi) is 4.45. The number of nitrogens with zero attached hydrogens (tertiary/aromatic N) is 1. The highest BCUT2D eigenvalue weighted by molar-refractivity contribution is 5.89. The van der Waals surface area contributed by atoms with E-state index < -0.39 is 5.97 Å². The highest BCUT2D eigenvalue weighted by atomic mass is 16.5. The molecule has 17 heavy (non-hydrogen) atoms. The smallest absolute Gasteiger partial charge is 0.357 e. The summed E-state index contributed by atoms with van der Waals surface area (Å²) in [6.07, 6.45) is 1.35. The minimum atomic E-state index is -0.649. The molecule has 1 aromatic rings. The van der Waals surface area contributed by atoms with Crippen LogP contribution in [0.2, 0.25) is 0 Å². The van der Waals surface area contributed by atoms with Gasteiger partial charge in [0, 0.05) is 6.04 Å². The second-order valence-corrected chi connectivity index (χ2v) is 3.78. The van der Waals surface area contributed by atoms with E-state index in [1.54, 1.807) is 0 Å². The maximum Gasteiger partial charge on any atom is 0.357 e. The second kappa shape index (κ2) is 5.83. The molecular formula is C11H15N3O3. The van der Waals surface area contributed by atoms with Crippen LogP contribution in [-0.2, 0) is 9.53 Å². The average molecular weight is 237 g/mol. The Labute approximate surface area is 99.2 Å². The van der Waals surface area contributed by atoms with Crippen molar-refractivity contribution in [2.75, 3.05) is 12.3 Å². The molecule has 0 aliphatic rings. The summed E-state index contributed by atoms with van der Waals surface area (Å²) in [5.74, 6) is -0.993. The number of rotatable bonds is 4. The second-order valence-electron chi connectivity index (χ2n) is 3.78. The third kappa shape index (κ3) is 4.50. The number of carbonyl (C=O) groups is 2. The lowest BCUT2D eigenvalue weighted by Crippen LogP contribution is -2.34. The molecule has 0 unspecified atom stereocenters. The summed E-state index contributed by atoms with van der Waals surface area (Å²) in [6.45, 7) is 3.32. The van der Waals surface area contributed by atoms with Crippen molar-refractivity contribution in [1.29, 1.82) is 0 Å². The lowest BCUT2D eigenvalue weighted by atomic mass is 10.3.